The van der Waals surface area contributed by atoms with Gasteiger partial charge in [-0.15, -0.1) is 20.2 Å². The van der Waals surface area contributed by atoms with Crippen LogP contribution < -0.4 is 5.73 Å². The summed E-state index contributed by atoms with van der Waals surface area (Å²) in [6, 6.07) is 8.07. The highest BCUT2D eigenvalue weighted by Crippen LogP contribution is 2.41. The first-order valence-corrected chi connectivity index (χ1v) is 10.2. The van der Waals surface area contributed by atoms with Crippen LogP contribution in [0.2, 0.25) is 0 Å². The van der Waals surface area contributed by atoms with E-state index in [2.05, 4.69) is 36.2 Å². The summed E-state index contributed by atoms with van der Waals surface area (Å²) < 4.78 is 0. The molecule has 9 nitrogen and oxygen atoms in total. The van der Waals surface area contributed by atoms with Gasteiger partial charge in [0.15, 0.2) is 0 Å². The molecule has 0 saturated heterocycles. The summed E-state index contributed by atoms with van der Waals surface area (Å²) in [5.74, 6) is 0.892. The maximum absolute atomic E-state index is 10.6. The van der Waals surface area contributed by atoms with Gasteiger partial charge in [-0.1, -0.05) is 43.3 Å². The first-order valence-electron chi connectivity index (χ1n) is 10.2. The van der Waals surface area contributed by atoms with E-state index in [1.54, 1.807) is 0 Å². The molecule has 2 N–H and O–H groups in total. The number of aryl methyl sites for hydroxylation is 1. The minimum Gasteiger partial charge on any atom is -0.321 e. The van der Waals surface area contributed by atoms with Crippen LogP contribution in [0.25, 0.3) is 0 Å². The van der Waals surface area contributed by atoms with Gasteiger partial charge in [0.2, 0.25) is 0 Å². The van der Waals surface area contributed by atoms with E-state index in [1.165, 1.54) is 5.57 Å². The van der Waals surface area contributed by atoms with Crippen molar-refractivity contribution in [2.45, 2.75) is 64.0 Å². The first kappa shape index (κ1) is 23.6. The zero-order valence-electron chi connectivity index (χ0n) is 17.6. The largest absolute Gasteiger partial charge is 0.321 e. The summed E-state index contributed by atoms with van der Waals surface area (Å²) in [4.78, 5) is 29.6. The molecule has 1 aromatic carbocycles. The zero-order chi connectivity index (χ0) is 22.3. The van der Waals surface area contributed by atoms with Crippen LogP contribution in [0.1, 0.15) is 57.1 Å². The van der Waals surface area contributed by atoms with Gasteiger partial charge in [-0.3, -0.25) is 0 Å². The Bertz CT molecular complexity index is 767. The highest BCUT2D eigenvalue weighted by molar-refractivity contribution is 5.30. The number of hydrogen-bond acceptors (Lipinski definition) is 7. The summed E-state index contributed by atoms with van der Waals surface area (Å²) in [5, 5.41) is 19.0. The number of hydrogen-bond donors (Lipinski definition) is 1. The molecule has 1 fully saturated rings. The second-order valence-electron chi connectivity index (χ2n) is 8.54. The predicted molar refractivity (Wildman–Crippen MR) is 111 cm³/mol. The van der Waals surface area contributed by atoms with Crippen molar-refractivity contribution >= 4 is 0 Å². The fourth-order valence-electron chi connectivity index (χ4n) is 4.30. The lowest BCUT2D eigenvalue weighted by molar-refractivity contribution is -0.790. The Morgan fingerprint density at radius 2 is 2.03 bits per heavy atom. The van der Waals surface area contributed by atoms with Crippen LogP contribution >= 0.6 is 0 Å². The van der Waals surface area contributed by atoms with E-state index in [-0.39, 0.29) is 6.42 Å². The minimum absolute atomic E-state index is 0.263. The molecule has 0 amide bonds. The van der Waals surface area contributed by atoms with Gasteiger partial charge in [0.25, 0.3) is 10.2 Å². The number of nitrogens with two attached hydrogens (primary N) is 1. The fraction of sp³-hybridized carbons (Fsp3) is 0.619. The van der Waals surface area contributed by atoms with Crippen molar-refractivity contribution in [1.82, 2.24) is 0 Å². The third-order valence-corrected chi connectivity index (χ3v) is 5.85. The summed E-state index contributed by atoms with van der Waals surface area (Å²) in [6.07, 6.45) is 3.53. The van der Waals surface area contributed by atoms with Gasteiger partial charge in [-0.2, -0.15) is 0 Å². The molecule has 166 valence electrons. The molecule has 2 rings (SSSR count). The zero-order valence-corrected chi connectivity index (χ0v) is 17.6. The number of allylic oxidation sites excluding steroid dienone is 1. The van der Waals surface area contributed by atoms with E-state index in [9.17, 15) is 20.2 Å². The standard InChI is InChI=1S/C21H31N3O6/c1-15-10-16(2)12-19(11-15)21(3,22)18-8-4-6-17(13-18)7-5-9-20(30-24(27)28)14-29-23(25)26/h4,6,8,13,16,19-20H,1,5,7,9-12,14,22H2,2-3H3. The normalized spacial score (nSPS) is 22.0. The van der Waals surface area contributed by atoms with Crippen molar-refractivity contribution in [1.29, 1.82) is 0 Å². The third-order valence-electron chi connectivity index (χ3n) is 5.85. The van der Waals surface area contributed by atoms with E-state index in [4.69, 9.17) is 5.73 Å². The molecule has 4 unspecified atom stereocenters. The first-order chi connectivity index (χ1) is 14.1. The number of nitrogens with zero attached hydrogens (tertiary/aromatic N) is 2. The van der Waals surface area contributed by atoms with Crippen LogP contribution in [-0.4, -0.2) is 22.9 Å². The summed E-state index contributed by atoms with van der Waals surface area (Å²) in [6.45, 7) is 8.00. The lowest BCUT2D eigenvalue weighted by atomic mass is 9.68. The molecule has 1 saturated carbocycles. The van der Waals surface area contributed by atoms with Crippen molar-refractivity contribution in [2.75, 3.05) is 6.61 Å². The number of rotatable bonds is 11. The van der Waals surface area contributed by atoms with Crippen LogP contribution in [0.15, 0.2) is 36.4 Å². The van der Waals surface area contributed by atoms with Crippen LogP contribution in [0.3, 0.4) is 0 Å². The Morgan fingerprint density at radius 1 is 1.30 bits per heavy atom. The van der Waals surface area contributed by atoms with Gasteiger partial charge in [0, 0.05) is 5.54 Å². The van der Waals surface area contributed by atoms with Crippen molar-refractivity contribution in [3.63, 3.8) is 0 Å². The molecule has 0 aromatic heterocycles. The van der Waals surface area contributed by atoms with E-state index in [1.807, 2.05) is 18.2 Å². The Kier molecular flexibility index (Phi) is 8.16. The molecule has 0 spiro atoms. The van der Waals surface area contributed by atoms with E-state index < -0.39 is 28.4 Å². The van der Waals surface area contributed by atoms with Gasteiger partial charge >= 0.3 is 0 Å². The van der Waals surface area contributed by atoms with Crippen LogP contribution in [-0.2, 0) is 21.6 Å². The van der Waals surface area contributed by atoms with Gasteiger partial charge in [0.05, 0.1) is 0 Å². The second-order valence-corrected chi connectivity index (χ2v) is 8.54. The lowest BCUT2D eigenvalue weighted by Crippen LogP contribution is -2.43. The Labute approximate surface area is 176 Å². The average Bonchev–Trinajstić information content (AvgIpc) is 2.65. The SMILES string of the molecule is C=C1CC(C)CC(C(C)(N)c2cccc(CCCC(CO[N+](=O)[O-])O[N+](=O)[O-])c2)C1. The Balaban J connectivity index is 1.99. The van der Waals surface area contributed by atoms with Gasteiger partial charge in [-0.05, 0) is 68.4 Å². The van der Waals surface area contributed by atoms with Crippen molar-refractivity contribution < 1.29 is 19.8 Å². The molecule has 1 aliphatic rings. The smallest absolute Gasteiger partial charge is 0.294 e. The van der Waals surface area contributed by atoms with Gasteiger partial charge < -0.3 is 15.4 Å². The molecule has 0 aliphatic heterocycles. The second kappa shape index (κ2) is 10.4. The third kappa shape index (κ3) is 6.98. The molecule has 0 radical (unpaired) electrons. The molecular weight excluding hydrogens is 390 g/mol. The molecule has 30 heavy (non-hydrogen) atoms. The van der Waals surface area contributed by atoms with Crippen LogP contribution in [0.5, 0.6) is 0 Å². The lowest BCUT2D eigenvalue weighted by Gasteiger charge is -2.40. The monoisotopic (exact) mass is 421 g/mol. The van der Waals surface area contributed by atoms with Gasteiger partial charge in [-0.25, -0.2) is 0 Å². The average molecular weight is 421 g/mol. The van der Waals surface area contributed by atoms with Gasteiger partial charge in [0.1, 0.15) is 12.7 Å². The molecule has 9 heteroatoms. The summed E-state index contributed by atoms with van der Waals surface area (Å²) in [7, 11) is 0. The fourth-order valence-corrected chi connectivity index (χ4v) is 4.30. The maximum atomic E-state index is 10.6. The van der Waals surface area contributed by atoms with E-state index in [0.717, 1.165) is 30.4 Å². The molecule has 4 atom stereocenters. The topological polar surface area (TPSA) is 131 Å². The Hall–Kier alpha value is -2.68. The molecule has 1 aromatic rings. The summed E-state index contributed by atoms with van der Waals surface area (Å²) in [5.41, 5.74) is 9.67. The van der Waals surface area contributed by atoms with E-state index >= 15 is 0 Å². The quantitative estimate of drug-likeness (QED) is 0.325. The van der Waals surface area contributed by atoms with Crippen LogP contribution in [0, 0.1) is 32.1 Å². The molecule has 0 heterocycles. The molecule has 0 bridgehead atoms. The van der Waals surface area contributed by atoms with Crippen molar-refractivity contribution in [2.24, 2.45) is 17.6 Å². The van der Waals surface area contributed by atoms with Crippen LogP contribution in [0.4, 0.5) is 0 Å². The highest BCUT2D eigenvalue weighted by Gasteiger charge is 2.35. The summed E-state index contributed by atoms with van der Waals surface area (Å²) >= 11 is 0. The van der Waals surface area contributed by atoms with E-state index in [0.29, 0.717) is 24.7 Å². The number of benzene rings is 1. The van der Waals surface area contributed by atoms with Crippen molar-refractivity contribution in [3.8, 4) is 0 Å². The molecular formula is C21H31N3O6. The Morgan fingerprint density at radius 3 is 2.67 bits per heavy atom. The maximum Gasteiger partial charge on any atom is 0.294 e. The van der Waals surface area contributed by atoms with Crippen molar-refractivity contribution in [3.05, 3.63) is 67.8 Å². The molecule has 1 aliphatic carbocycles. The highest BCUT2D eigenvalue weighted by atomic mass is 17.0. The minimum atomic E-state index is -0.983. The predicted octanol–water partition coefficient (Wildman–Crippen LogP) is 3.96.